The van der Waals surface area contributed by atoms with Crippen LogP contribution in [0, 0.1) is 20.8 Å². The maximum atomic E-state index is 13.1. The number of hydrogen-bond acceptors (Lipinski definition) is 5. The Morgan fingerprint density at radius 1 is 1.06 bits per heavy atom. The Bertz CT molecular complexity index is 1310. The van der Waals surface area contributed by atoms with Gasteiger partial charge in [0.05, 0.1) is 0 Å². The van der Waals surface area contributed by atoms with Gasteiger partial charge in [0.1, 0.15) is 11.5 Å². The van der Waals surface area contributed by atoms with Gasteiger partial charge in [-0.1, -0.05) is 49.7 Å². The third-order valence-corrected chi connectivity index (χ3v) is 6.31. The standard InChI is InChI=1S/C27H34N4O3/c1-6-7-13-31-25(28)24(26(33)29-27(31)34)30(15-21-11-9-8-10-12-21)16-22-17(2)14-18(3)23(19(22)4)20(5)32/h8-12,14H,6-7,13,15-16,28H2,1-5H3,(H,29,33,34). The highest BCUT2D eigenvalue weighted by molar-refractivity contribution is 5.97. The number of nitrogen functional groups attached to an aromatic ring is 1. The Morgan fingerprint density at radius 3 is 2.35 bits per heavy atom. The number of nitrogens with zero attached hydrogens (tertiary/aromatic N) is 2. The topological polar surface area (TPSA) is 101 Å². The molecule has 0 saturated carbocycles. The van der Waals surface area contributed by atoms with Crippen LogP contribution >= 0.6 is 0 Å². The van der Waals surface area contributed by atoms with Crippen LogP contribution in [0.5, 0.6) is 0 Å². The molecule has 180 valence electrons. The van der Waals surface area contributed by atoms with Crippen molar-refractivity contribution in [3.05, 3.63) is 90.6 Å². The van der Waals surface area contributed by atoms with E-state index in [1.807, 2.05) is 69.0 Å². The van der Waals surface area contributed by atoms with Crippen LogP contribution in [-0.4, -0.2) is 15.3 Å². The highest BCUT2D eigenvalue weighted by Gasteiger charge is 2.22. The molecule has 0 aliphatic rings. The number of aromatic nitrogens is 2. The average Bonchev–Trinajstić information content (AvgIpc) is 2.76. The molecule has 0 saturated heterocycles. The number of unbranched alkanes of at least 4 members (excludes halogenated alkanes) is 1. The lowest BCUT2D eigenvalue weighted by molar-refractivity contribution is 0.101. The van der Waals surface area contributed by atoms with E-state index in [2.05, 4.69) is 4.98 Å². The molecule has 1 aromatic heterocycles. The van der Waals surface area contributed by atoms with Gasteiger partial charge in [-0.15, -0.1) is 0 Å². The summed E-state index contributed by atoms with van der Waals surface area (Å²) >= 11 is 0. The fourth-order valence-corrected chi connectivity index (χ4v) is 4.64. The van der Waals surface area contributed by atoms with Crippen molar-refractivity contribution in [2.75, 3.05) is 10.6 Å². The van der Waals surface area contributed by atoms with Gasteiger partial charge in [0, 0.05) is 25.2 Å². The number of H-pyrrole nitrogens is 1. The molecule has 3 rings (SSSR count). The molecular weight excluding hydrogens is 428 g/mol. The molecule has 7 nitrogen and oxygen atoms in total. The largest absolute Gasteiger partial charge is 0.383 e. The summed E-state index contributed by atoms with van der Waals surface area (Å²) in [6, 6.07) is 11.8. The summed E-state index contributed by atoms with van der Waals surface area (Å²) in [6.45, 7) is 10.7. The first-order valence-corrected chi connectivity index (χ1v) is 11.7. The van der Waals surface area contributed by atoms with Crippen molar-refractivity contribution in [3.63, 3.8) is 0 Å². The Labute approximate surface area is 200 Å². The third-order valence-electron chi connectivity index (χ3n) is 6.31. The number of ketones is 1. The number of anilines is 2. The van der Waals surface area contributed by atoms with E-state index in [0.717, 1.165) is 40.7 Å². The van der Waals surface area contributed by atoms with Crippen molar-refractivity contribution in [1.82, 2.24) is 9.55 Å². The van der Waals surface area contributed by atoms with Gasteiger partial charge < -0.3 is 10.6 Å². The molecule has 0 unspecified atom stereocenters. The maximum Gasteiger partial charge on any atom is 0.330 e. The van der Waals surface area contributed by atoms with E-state index in [9.17, 15) is 14.4 Å². The second-order valence-electron chi connectivity index (χ2n) is 8.89. The van der Waals surface area contributed by atoms with Crippen molar-refractivity contribution in [2.24, 2.45) is 0 Å². The molecular formula is C27H34N4O3. The zero-order valence-corrected chi connectivity index (χ0v) is 20.7. The predicted molar refractivity (Wildman–Crippen MR) is 138 cm³/mol. The average molecular weight is 463 g/mol. The Kier molecular flexibility index (Phi) is 7.76. The molecule has 0 amide bonds. The fraction of sp³-hybridized carbons (Fsp3) is 0.370. The summed E-state index contributed by atoms with van der Waals surface area (Å²) in [6.07, 6.45) is 1.66. The van der Waals surface area contributed by atoms with E-state index < -0.39 is 11.2 Å². The van der Waals surface area contributed by atoms with E-state index in [0.29, 0.717) is 25.2 Å². The van der Waals surface area contributed by atoms with Gasteiger partial charge in [0.2, 0.25) is 0 Å². The molecule has 7 heteroatoms. The van der Waals surface area contributed by atoms with Gasteiger partial charge >= 0.3 is 5.69 Å². The van der Waals surface area contributed by atoms with Gasteiger partial charge in [0.15, 0.2) is 5.78 Å². The van der Waals surface area contributed by atoms with E-state index in [1.165, 1.54) is 4.57 Å². The Morgan fingerprint density at radius 2 is 1.74 bits per heavy atom. The highest BCUT2D eigenvalue weighted by Crippen LogP contribution is 2.28. The number of benzene rings is 2. The van der Waals surface area contributed by atoms with E-state index in [-0.39, 0.29) is 17.3 Å². The lowest BCUT2D eigenvalue weighted by atomic mass is 9.91. The highest BCUT2D eigenvalue weighted by atomic mass is 16.2. The van der Waals surface area contributed by atoms with Gasteiger partial charge in [-0.3, -0.25) is 19.1 Å². The number of Topliss-reactive ketones (excluding diaryl/α,β-unsaturated/α-hetero) is 1. The fourth-order valence-electron chi connectivity index (χ4n) is 4.64. The van der Waals surface area contributed by atoms with Crippen LogP contribution < -0.4 is 21.9 Å². The molecule has 0 bridgehead atoms. The van der Waals surface area contributed by atoms with Crippen LogP contribution in [0.3, 0.4) is 0 Å². The lowest BCUT2D eigenvalue weighted by Crippen LogP contribution is -2.38. The van der Waals surface area contributed by atoms with E-state index >= 15 is 0 Å². The zero-order chi connectivity index (χ0) is 25.0. The van der Waals surface area contributed by atoms with Crippen molar-refractivity contribution in [2.45, 2.75) is 67.1 Å². The van der Waals surface area contributed by atoms with Crippen molar-refractivity contribution >= 4 is 17.3 Å². The molecule has 3 N–H and O–H groups in total. The van der Waals surface area contributed by atoms with Crippen molar-refractivity contribution < 1.29 is 4.79 Å². The minimum Gasteiger partial charge on any atom is -0.383 e. The second-order valence-corrected chi connectivity index (χ2v) is 8.89. The quantitative estimate of drug-likeness (QED) is 0.463. The van der Waals surface area contributed by atoms with E-state index in [1.54, 1.807) is 6.92 Å². The summed E-state index contributed by atoms with van der Waals surface area (Å²) in [4.78, 5) is 42.3. The number of nitrogens with two attached hydrogens (primary N) is 1. The molecule has 0 aliphatic carbocycles. The zero-order valence-electron chi connectivity index (χ0n) is 20.7. The van der Waals surface area contributed by atoms with Crippen LogP contribution in [-0.2, 0) is 19.6 Å². The monoisotopic (exact) mass is 462 g/mol. The number of aromatic amines is 1. The number of aryl methyl sites for hydroxylation is 2. The minimum atomic E-state index is -0.514. The number of rotatable bonds is 9. The third kappa shape index (κ3) is 5.14. The molecule has 0 fully saturated rings. The Hall–Kier alpha value is -3.61. The summed E-state index contributed by atoms with van der Waals surface area (Å²) in [5.74, 6) is 0.170. The summed E-state index contributed by atoms with van der Waals surface area (Å²) < 4.78 is 1.44. The second kappa shape index (κ2) is 10.5. The number of hydrogen-bond donors (Lipinski definition) is 2. The SMILES string of the molecule is CCCCn1c(N)c(N(Cc2ccccc2)Cc2c(C)cc(C)c(C(C)=O)c2C)c(=O)[nH]c1=O. The molecule has 3 aromatic rings. The first kappa shape index (κ1) is 25.0. The molecule has 2 aromatic carbocycles. The maximum absolute atomic E-state index is 13.1. The summed E-state index contributed by atoms with van der Waals surface area (Å²) in [7, 11) is 0. The summed E-state index contributed by atoms with van der Waals surface area (Å²) in [5.41, 5.74) is 11.3. The Balaban J connectivity index is 2.20. The molecule has 0 spiro atoms. The summed E-state index contributed by atoms with van der Waals surface area (Å²) in [5, 5.41) is 0. The van der Waals surface area contributed by atoms with E-state index in [4.69, 9.17) is 5.73 Å². The number of carbonyl (C=O) groups excluding carboxylic acids is 1. The molecule has 0 atom stereocenters. The van der Waals surface area contributed by atoms with Crippen LogP contribution in [0.4, 0.5) is 11.5 Å². The van der Waals surface area contributed by atoms with Crippen molar-refractivity contribution in [3.8, 4) is 0 Å². The van der Waals surface area contributed by atoms with Crippen LogP contribution in [0.25, 0.3) is 0 Å². The predicted octanol–water partition coefficient (Wildman–Crippen LogP) is 4.25. The van der Waals surface area contributed by atoms with Gasteiger partial charge in [-0.25, -0.2) is 4.79 Å². The smallest absolute Gasteiger partial charge is 0.330 e. The molecule has 0 aliphatic heterocycles. The van der Waals surface area contributed by atoms with Gasteiger partial charge in [-0.2, -0.15) is 0 Å². The molecule has 34 heavy (non-hydrogen) atoms. The number of carbonyl (C=O) groups is 1. The van der Waals surface area contributed by atoms with Crippen LogP contribution in [0.2, 0.25) is 0 Å². The van der Waals surface area contributed by atoms with Crippen LogP contribution in [0.1, 0.15) is 64.9 Å². The van der Waals surface area contributed by atoms with Crippen LogP contribution in [0.15, 0.2) is 46.0 Å². The first-order chi connectivity index (χ1) is 16.1. The van der Waals surface area contributed by atoms with Gasteiger partial charge in [0.25, 0.3) is 5.56 Å². The number of nitrogens with one attached hydrogen (secondary N) is 1. The normalized spacial score (nSPS) is 11.0. The first-order valence-electron chi connectivity index (χ1n) is 11.7. The molecule has 1 heterocycles. The van der Waals surface area contributed by atoms with Gasteiger partial charge in [-0.05, 0) is 61.9 Å². The molecule has 0 radical (unpaired) electrons. The van der Waals surface area contributed by atoms with Crippen molar-refractivity contribution in [1.29, 1.82) is 0 Å². The minimum absolute atomic E-state index is 0.0105. The lowest BCUT2D eigenvalue weighted by Gasteiger charge is -2.28.